The van der Waals surface area contributed by atoms with Crippen molar-refractivity contribution in [3.63, 3.8) is 0 Å². The molecule has 1 aromatic heterocycles. The van der Waals surface area contributed by atoms with Gasteiger partial charge in [0.05, 0.1) is 17.4 Å². The van der Waals surface area contributed by atoms with E-state index in [2.05, 4.69) is 0 Å². The van der Waals surface area contributed by atoms with E-state index in [0.717, 1.165) is 5.56 Å². The Morgan fingerprint density at radius 3 is 2.33 bits per heavy atom. The van der Waals surface area contributed by atoms with Gasteiger partial charge in [0.25, 0.3) is 0 Å². The van der Waals surface area contributed by atoms with Crippen LogP contribution >= 0.6 is 0 Å². The lowest BCUT2D eigenvalue weighted by Gasteiger charge is -1.97. The van der Waals surface area contributed by atoms with Gasteiger partial charge in [-0.05, 0) is 48.1 Å². The number of phenols is 1. The van der Waals surface area contributed by atoms with Crippen molar-refractivity contribution in [1.82, 2.24) is 0 Å². The fourth-order valence-electron chi connectivity index (χ4n) is 2.45. The van der Waals surface area contributed by atoms with Gasteiger partial charge in [-0.2, -0.15) is 0 Å². The molecule has 5 nitrogen and oxygen atoms in total. The zero-order chi connectivity index (χ0) is 19.2. The minimum atomic E-state index is -0.414. The number of allylic oxidation sites excluding steroid dienone is 2. The summed E-state index contributed by atoms with van der Waals surface area (Å²) in [4.78, 5) is 36.2. The summed E-state index contributed by atoms with van der Waals surface area (Å²) in [5.41, 5.74) is 1.21. The van der Waals surface area contributed by atoms with E-state index in [9.17, 15) is 19.5 Å². The minimum absolute atomic E-state index is 0.136. The van der Waals surface area contributed by atoms with Crippen molar-refractivity contribution in [3.8, 4) is 5.75 Å². The number of benzene rings is 2. The van der Waals surface area contributed by atoms with Gasteiger partial charge in [0.1, 0.15) is 17.6 Å². The molecule has 0 aliphatic carbocycles. The maximum atomic E-state index is 12.3. The first-order chi connectivity index (χ1) is 13.0. The van der Waals surface area contributed by atoms with Crippen LogP contribution in [0, 0.1) is 0 Å². The number of carbonyl (C=O) groups is 2. The quantitative estimate of drug-likeness (QED) is 0.534. The summed E-state index contributed by atoms with van der Waals surface area (Å²) in [5.74, 6) is -0.636. The number of aromatic hydroxyl groups is 1. The van der Waals surface area contributed by atoms with Crippen LogP contribution in [0.2, 0.25) is 0 Å². The number of hydrogen-bond acceptors (Lipinski definition) is 5. The van der Waals surface area contributed by atoms with E-state index in [4.69, 9.17) is 4.42 Å². The molecule has 0 aliphatic heterocycles. The van der Waals surface area contributed by atoms with Gasteiger partial charge < -0.3 is 9.52 Å². The Bertz CT molecular complexity index is 1100. The van der Waals surface area contributed by atoms with Crippen LogP contribution in [0.3, 0.4) is 0 Å². The Hall–Kier alpha value is -3.73. The van der Waals surface area contributed by atoms with Crippen LogP contribution in [0.5, 0.6) is 5.75 Å². The maximum Gasteiger partial charge on any atom is 0.199 e. The number of phenolic OH excluding ortho intramolecular Hbond substituents is 1. The van der Waals surface area contributed by atoms with Gasteiger partial charge in [0.15, 0.2) is 17.0 Å². The highest BCUT2D eigenvalue weighted by atomic mass is 16.3. The molecule has 134 valence electrons. The van der Waals surface area contributed by atoms with Gasteiger partial charge >= 0.3 is 0 Å². The van der Waals surface area contributed by atoms with Crippen molar-refractivity contribution in [2.75, 3.05) is 0 Å². The molecular weight excluding hydrogens is 344 g/mol. The van der Waals surface area contributed by atoms with Crippen LogP contribution in [0.1, 0.15) is 17.5 Å². The molecule has 0 unspecified atom stereocenters. The van der Waals surface area contributed by atoms with Crippen molar-refractivity contribution in [1.29, 1.82) is 0 Å². The minimum Gasteiger partial charge on any atom is -0.508 e. The molecule has 1 N–H and O–H groups in total. The summed E-state index contributed by atoms with van der Waals surface area (Å²) in [7, 11) is 0. The largest absolute Gasteiger partial charge is 0.508 e. The zero-order valence-corrected chi connectivity index (χ0v) is 14.3. The summed E-state index contributed by atoms with van der Waals surface area (Å²) in [5, 5.41) is 9.64. The predicted molar refractivity (Wildman–Crippen MR) is 103 cm³/mol. The number of para-hydroxylation sites is 1. The van der Waals surface area contributed by atoms with Crippen molar-refractivity contribution < 1.29 is 19.1 Å². The highest BCUT2D eigenvalue weighted by molar-refractivity contribution is 6.10. The number of hydrogen-bond donors (Lipinski definition) is 1. The summed E-state index contributed by atoms with van der Waals surface area (Å²) < 4.78 is 5.37. The van der Waals surface area contributed by atoms with Crippen molar-refractivity contribution in [2.24, 2.45) is 0 Å². The topological polar surface area (TPSA) is 84.6 Å². The standard InChI is InChI=1S/C22H16O5/c23-17-9-5-15(6-10-17)7-11-18(24)13-19(25)12-8-16-14-27-21-4-2-1-3-20(21)22(16)26/h1-12,14,23H,13H2. The summed E-state index contributed by atoms with van der Waals surface area (Å²) in [6, 6.07) is 13.2. The van der Waals surface area contributed by atoms with Crippen LogP contribution in [0.25, 0.3) is 23.1 Å². The molecule has 0 spiro atoms. The Labute approximate surface area is 154 Å². The summed E-state index contributed by atoms with van der Waals surface area (Å²) in [6.45, 7) is 0. The van der Waals surface area contributed by atoms with E-state index in [1.807, 2.05) is 0 Å². The third-order valence-corrected chi connectivity index (χ3v) is 3.86. The Balaban J connectivity index is 1.65. The first-order valence-corrected chi connectivity index (χ1v) is 8.24. The van der Waals surface area contributed by atoms with Gasteiger partial charge in [-0.3, -0.25) is 14.4 Å². The summed E-state index contributed by atoms with van der Waals surface area (Å²) >= 11 is 0. The van der Waals surface area contributed by atoms with Gasteiger partial charge in [0, 0.05) is 0 Å². The predicted octanol–water partition coefficient (Wildman–Crippen LogP) is 3.75. The monoisotopic (exact) mass is 360 g/mol. The number of fused-ring (bicyclic) bond motifs is 1. The molecule has 0 aliphatic rings. The molecular formula is C22H16O5. The van der Waals surface area contributed by atoms with Crippen LogP contribution in [0.4, 0.5) is 0 Å². The molecule has 3 rings (SSSR count). The highest BCUT2D eigenvalue weighted by Gasteiger charge is 2.06. The number of ketones is 2. The van der Waals surface area contributed by atoms with E-state index in [1.54, 1.807) is 42.5 Å². The van der Waals surface area contributed by atoms with Crippen molar-refractivity contribution >= 4 is 34.7 Å². The highest BCUT2D eigenvalue weighted by Crippen LogP contribution is 2.12. The van der Waals surface area contributed by atoms with Gasteiger partial charge in [-0.15, -0.1) is 0 Å². The van der Waals surface area contributed by atoms with Crippen LogP contribution in [0.15, 0.2) is 76.2 Å². The van der Waals surface area contributed by atoms with Gasteiger partial charge in [-0.1, -0.05) is 30.3 Å². The first-order valence-electron chi connectivity index (χ1n) is 8.24. The molecule has 5 heteroatoms. The molecule has 0 saturated carbocycles. The van der Waals surface area contributed by atoms with Crippen molar-refractivity contribution in [2.45, 2.75) is 6.42 Å². The second-order valence-corrected chi connectivity index (χ2v) is 5.88. The summed E-state index contributed by atoms with van der Waals surface area (Å²) in [6.07, 6.45) is 6.43. The molecule has 0 saturated heterocycles. The normalized spacial score (nSPS) is 11.4. The first kappa shape index (κ1) is 18.1. The SMILES string of the molecule is O=C(C=Cc1ccc(O)cc1)CC(=O)C=Cc1coc2ccccc2c1=O. The molecule has 0 bridgehead atoms. The second kappa shape index (κ2) is 8.10. The molecule has 27 heavy (non-hydrogen) atoms. The lowest BCUT2D eigenvalue weighted by atomic mass is 10.1. The third-order valence-electron chi connectivity index (χ3n) is 3.86. The fraction of sp³-hybridized carbons (Fsp3) is 0.0455. The average molecular weight is 360 g/mol. The third kappa shape index (κ3) is 4.67. The van der Waals surface area contributed by atoms with Crippen LogP contribution in [-0.4, -0.2) is 16.7 Å². The van der Waals surface area contributed by atoms with Crippen LogP contribution < -0.4 is 5.43 Å². The molecule has 0 radical (unpaired) electrons. The lowest BCUT2D eigenvalue weighted by molar-refractivity contribution is -0.121. The van der Waals surface area contributed by atoms with Crippen LogP contribution in [-0.2, 0) is 9.59 Å². The zero-order valence-electron chi connectivity index (χ0n) is 14.3. The second-order valence-electron chi connectivity index (χ2n) is 5.88. The fourth-order valence-corrected chi connectivity index (χ4v) is 2.45. The molecule has 2 aromatic carbocycles. The van der Waals surface area contributed by atoms with E-state index in [-0.39, 0.29) is 28.9 Å². The number of rotatable bonds is 6. The Morgan fingerprint density at radius 1 is 0.926 bits per heavy atom. The molecule has 1 heterocycles. The maximum absolute atomic E-state index is 12.3. The smallest absolute Gasteiger partial charge is 0.199 e. The average Bonchev–Trinajstić information content (AvgIpc) is 2.67. The molecule has 0 amide bonds. The van der Waals surface area contributed by atoms with Crippen molar-refractivity contribution in [3.05, 3.63) is 88.3 Å². The Morgan fingerprint density at radius 2 is 1.59 bits per heavy atom. The molecule has 3 aromatic rings. The Kier molecular flexibility index (Phi) is 5.42. The lowest BCUT2D eigenvalue weighted by Crippen LogP contribution is -2.06. The van der Waals surface area contributed by atoms with Gasteiger partial charge in [-0.25, -0.2) is 0 Å². The molecule has 0 fully saturated rings. The van der Waals surface area contributed by atoms with E-state index >= 15 is 0 Å². The van der Waals surface area contributed by atoms with E-state index < -0.39 is 5.78 Å². The van der Waals surface area contributed by atoms with Gasteiger partial charge in [0.2, 0.25) is 0 Å². The molecule has 0 atom stereocenters. The van der Waals surface area contributed by atoms with E-state index in [0.29, 0.717) is 11.0 Å². The number of carbonyl (C=O) groups excluding carboxylic acids is 2. The van der Waals surface area contributed by atoms with E-state index in [1.165, 1.54) is 36.6 Å².